The summed E-state index contributed by atoms with van der Waals surface area (Å²) in [5.41, 5.74) is 2.76. The van der Waals surface area contributed by atoms with Crippen molar-refractivity contribution in [2.75, 3.05) is 32.8 Å². The van der Waals surface area contributed by atoms with Crippen LogP contribution in [0.5, 0.6) is 0 Å². The molecule has 2 aliphatic rings. The number of carbonyl (C=O) groups excluding carboxylic acids is 2. The lowest BCUT2D eigenvalue weighted by Crippen LogP contribution is -2.50. The summed E-state index contributed by atoms with van der Waals surface area (Å²) >= 11 is 0. The Morgan fingerprint density at radius 3 is 2.68 bits per heavy atom. The molecule has 124 valence electrons. The first kappa shape index (κ1) is 16.9. The van der Waals surface area contributed by atoms with Crippen LogP contribution in [-0.4, -0.2) is 61.3 Å². The van der Waals surface area contributed by atoms with Crippen LogP contribution in [0.1, 0.15) is 33.1 Å². The van der Waals surface area contributed by atoms with Crippen LogP contribution >= 0.6 is 0 Å². The molecule has 7 heteroatoms. The molecule has 1 saturated heterocycles. The van der Waals surface area contributed by atoms with Gasteiger partial charge >= 0.3 is 0 Å². The molecule has 1 atom stereocenters. The van der Waals surface area contributed by atoms with Gasteiger partial charge in [0.1, 0.15) is 5.71 Å². The summed E-state index contributed by atoms with van der Waals surface area (Å²) < 4.78 is 5.40. The van der Waals surface area contributed by atoms with Crippen molar-refractivity contribution in [1.82, 2.24) is 15.6 Å². The first-order chi connectivity index (χ1) is 10.6. The number of ether oxygens (including phenoxy) is 1. The van der Waals surface area contributed by atoms with E-state index < -0.39 is 0 Å². The molecular weight excluding hydrogens is 284 g/mol. The minimum Gasteiger partial charge on any atom is -0.379 e. The minimum absolute atomic E-state index is 0.137. The van der Waals surface area contributed by atoms with Gasteiger partial charge in [-0.15, -0.1) is 0 Å². The highest BCUT2D eigenvalue weighted by Crippen LogP contribution is 2.13. The van der Waals surface area contributed by atoms with E-state index in [-0.39, 0.29) is 11.8 Å². The third kappa shape index (κ3) is 5.06. The number of hydrogen-bond acceptors (Lipinski definition) is 5. The van der Waals surface area contributed by atoms with Crippen molar-refractivity contribution in [3.63, 3.8) is 0 Å². The normalized spacial score (nSPS) is 21.2. The lowest BCUT2D eigenvalue weighted by Gasteiger charge is -2.35. The zero-order valence-electron chi connectivity index (χ0n) is 13.4. The lowest BCUT2D eigenvalue weighted by molar-refractivity contribution is -0.121. The molecule has 2 rings (SSSR count). The lowest BCUT2D eigenvalue weighted by atomic mass is 10.0. The van der Waals surface area contributed by atoms with Gasteiger partial charge in [-0.2, -0.15) is 5.10 Å². The quantitative estimate of drug-likeness (QED) is 0.730. The molecule has 0 radical (unpaired) electrons. The van der Waals surface area contributed by atoms with E-state index in [9.17, 15) is 9.59 Å². The Balaban J connectivity index is 1.86. The van der Waals surface area contributed by atoms with Gasteiger partial charge in [-0.3, -0.25) is 14.5 Å². The maximum Gasteiger partial charge on any atom is 0.267 e. The highest BCUT2D eigenvalue weighted by Gasteiger charge is 2.24. The average molecular weight is 310 g/mol. The van der Waals surface area contributed by atoms with Crippen LogP contribution in [0.3, 0.4) is 0 Å². The molecule has 0 unspecified atom stereocenters. The Morgan fingerprint density at radius 1 is 1.36 bits per heavy atom. The Bertz CT molecular complexity index is 431. The Morgan fingerprint density at radius 2 is 2.09 bits per heavy atom. The number of hydrazone groups is 1. The predicted molar refractivity (Wildman–Crippen MR) is 83.5 cm³/mol. The standard InChI is InChI=1S/C15H26N4O3/c1-11(2)9-12(19-5-7-22-8-6-19)10-16-15(21)13-3-4-14(20)18-17-13/h11-12H,3-10H2,1-2H3,(H,16,21)(H,18,20)/t12-/m0/s1. The zero-order chi connectivity index (χ0) is 15.9. The van der Waals surface area contributed by atoms with Gasteiger partial charge in [0, 0.05) is 38.5 Å². The fraction of sp³-hybridized carbons (Fsp3) is 0.800. The Labute approximate surface area is 131 Å². The van der Waals surface area contributed by atoms with Gasteiger partial charge in [-0.25, -0.2) is 5.43 Å². The third-order valence-electron chi connectivity index (χ3n) is 3.97. The third-order valence-corrected chi connectivity index (χ3v) is 3.97. The van der Waals surface area contributed by atoms with Crippen LogP contribution in [0.2, 0.25) is 0 Å². The first-order valence-electron chi connectivity index (χ1n) is 8.01. The molecule has 1 fully saturated rings. The summed E-state index contributed by atoms with van der Waals surface area (Å²) in [5.74, 6) is 0.251. The minimum atomic E-state index is -0.179. The van der Waals surface area contributed by atoms with Gasteiger partial charge in [-0.05, 0) is 12.3 Å². The second-order valence-electron chi connectivity index (χ2n) is 6.24. The number of nitrogens with one attached hydrogen (secondary N) is 2. The molecular formula is C15H26N4O3. The highest BCUT2D eigenvalue weighted by molar-refractivity contribution is 6.39. The molecule has 22 heavy (non-hydrogen) atoms. The van der Waals surface area contributed by atoms with Crippen LogP contribution in [-0.2, 0) is 14.3 Å². The molecule has 0 aromatic heterocycles. The molecule has 2 aliphatic heterocycles. The van der Waals surface area contributed by atoms with Crippen LogP contribution in [0.4, 0.5) is 0 Å². The Hall–Kier alpha value is -1.47. The van der Waals surface area contributed by atoms with Crippen molar-refractivity contribution in [2.45, 2.75) is 39.2 Å². The summed E-state index contributed by atoms with van der Waals surface area (Å²) in [5, 5.41) is 6.80. The SMILES string of the molecule is CC(C)C[C@@H](CNC(=O)C1=NNC(=O)CC1)N1CCOCC1. The van der Waals surface area contributed by atoms with Gasteiger partial charge < -0.3 is 10.1 Å². The van der Waals surface area contributed by atoms with Gasteiger partial charge in [0.2, 0.25) is 5.91 Å². The molecule has 0 aliphatic carbocycles. The van der Waals surface area contributed by atoms with Crippen molar-refractivity contribution in [3.05, 3.63) is 0 Å². The number of amides is 2. The highest BCUT2D eigenvalue weighted by atomic mass is 16.5. The van der Waals surface area contributed by atoms with E-state index in [0.717, 1.165) is 32.7 Å². The molecule has 2 heterocycles. The first-order valence-corrected chi connectivity index (χ1v) is 8.01. The molecule has 0 bridgehead atoms. The summed E-state index contributed by atoms with van der Waals surface area (Å²) in [6.45, 7) is 8.30. The van der Waals surface area contributed by atoms with E-state index in [4.69, 9.17) is 4.74 Å². The van der Waals surface area contributed by atoms with Crippen LogP contribution in [0.15, 0.2) is 5.10 Å². The van der Waals surface area contributed by atoms with E-state index in [0.29, 0.717) is 37.1 Å². The topological polar surface area (TPSA) is 83.0 Å². The number of morpholine rings is 1. The summed E-state index contributed by atoms with van der Waals surface area (Å²) in [6.07, 6.45) is 1.76. The molecule has 2 N–H and O–H groups in total. The average Bonchev–Trinajstić information content (AvgIpc) is 2.52. The molecule has 0 aromatic carbocycles. The zero-order valence-corrected chi connectivity index (χ0v) is 13.4. The van der Waals surface area contributed by atoms with E-state index in [1.165, 1.54) is 0 Å². The molecule has 0 saturated carbocycles. The van der Waals surface area contributed by atoms with Crippen molar-refractivity contribution < 1.29 is 14.3 Å². The van der Waals surface area contributed by atoms with Crippen LogP contribution in [0, 0.1) is 5.92 Å². The maximum absolute atomic E-state index is 12.1. The van der Waals surface area contributed by atoms with E-state index in [1.807, 2.05) is 0 Å². The number of nitrogens with zero attached hydrogens (tertiary/aromatic N) is 2. The Kier molecular flexibility index (Phi) is 6.33. The molecule has 0 spiro atoms. The van der Waals surface area contributed by atoms with Crippen LogP contribution in [0.25, 0.3) is 0 Å². The summed E-state index contributed by atoms with van der Waals surface area (Å²) in [7, 11) is 0. The number of carbonyl (C=O) groups is 2. The van der Waals surface area contributed by atoms with Gasteiger partial charge in [-0.1, -0.05) is 13.8 Å². The van der Waals surface area contributed by atoms with Crippen molar-refractivity contribution in [2.24, 2.45) is 11.0 Å². The predicted octanol–water partition coefficient (Wildman–Crippen LogP) is 0.116. The van der Waals surface area contributed by atoms with Gasteiger partial charge in [0.25, 0.3) is 5.91 Å². The second kappa shape index (κ2) is 8.24. The molecule has 2 amide bonds. The maximum atomic E-state index is 12.1. The molecule has 0 aromatic rings. The summed E-state index contributed by atoms with van der Waals surface area (Å²) in [6, 6.07) is 0.312. The van der Waals surface area contributed by atoms with Crippen molar-refractivity contribution >= 4 is 17.5 Å². The van der Waals surface area contributed by atoms with E-state index in [1.54, 1.807) is 0 Å². The monoisotopic (exact) mass is 310 g/mol. The van der Waals surface area contributed by atoms with Crippen molar-refractivity contribution in [3.8, 4) is 0 Å². The van der Waals surface area contributed by atoms with Crippen LogP contribution < -0.4 is 10.7 Å². The van der Waals surface area contributed by atoms with Crippen molar-refractivity contribution in [1.29, 1.82) is 0 Å². The second-order valence-corrected chi connectivity index (χ2v) is 6.24. The van der Waals surface area contributed by atoms with Gasteiger partial charge in [0.05, 0.1) is 13.2 Å². The van der Waals surface area contributed by atoms with Gasteiger partial charge in [0.15, 0.2) is 0 Å². The van der Waals surface area contributed by atoms with E-state index in [2.05, 4.69) is 34.6 Å². The largest absolute Gasteiger partial charge is 0.379 e. The van der Waals surface area contributed by atoms with E-state index >= 15 is 0 Å². The number of hydrogen-bond donors (Lipinski definition) is 2. The fourth-order valence-electron chi connectivity index (χ4n) is 2.80. The number of rotatable bonds is 6. The molecule has 7 nitrogen and oxygen atoms in total. The fourth-order valence-corrected chi connectivity index (χ4v) is 2.80. The smallest absolute Gasteiger partial charge is 0.267 e. The summed E-state index contributed by atoms with van der Waals surface area (Å²) in [4.78, 5) is 25.6.